The zero-order chi connectivity index (χ0) is 32.4. The largest absolute Gasteiger partial charge is 0.497 e. The summed E-state index contributed by atoms with van der Waals surface area (Å²) >= 11 is 0. The summed E-state index contributed by atoms with van der Waals surface area (Å²) in [5.74, 6) is 0.323. The number of cyclic esters (lactones) is 2. The van der Waals surface area contributed by atoms with Crippen LogP contribution < -0.4 is 14.8 Å². The van der Waals surface area contributed by atoms with Crippen molar-refractivity contribution in [2.24, 2.45) is 17.8 Å². The molecule has 1 aliphatic rings. The van der Waals surface area contributed by atoms with E-state index in [9.17, 15) is 9.59 Å². The molecular formula is C36H52N2O6. The molecule has 1 saturated heterocycles. The fourth-order valence-electron chi connectivity index (χ4n) is 5.07. The molecule has 2 aromatic rings. The Balaban J connectivity index is 2.07. The second-order valence-corrected chi connectivity index (χ2v) is 13.1. The number of rotatable bonds is 16. The highest BCUT2D eigenvalue weighted by atomic mass is 16.7. The molecule has 1 atom stereocenters. The van der Waals surface area contributed by atoms with Crippen LogP contribution in [0.4, 0.5) is 5.69 Å². The fraction of sp³-hybridized carbons (Fsp3) is 0.556. The molecule has 1 heterocycles. The Morgan fingerprint density at radius 2 is 1.43 bits per heavy atom. The monoisotopic (exact) mass is 608 g/mol. The van der Waals surface area contributed by atoms with E-state index < -0.39 is 17.7 Å². The summed E-state index contributed by atoms with van der Waals surface area (Å²) in [7, 11) is 3.15. The molecule has 8 heteroatoms. The number of anilines is 1. The summed E-state index contributed by atoms with van der Waals surface area (Å²) < 4.78 is 22.2. The summed E-state index contributed by atoms with van der Waals surface area (Å²) in [4.78, 5) is 29.0. The first-order chi connectivity index (χ1) is 20.8. The van der Waals surface area contributed by atoms with E-state index in [0.717, 1.165) is 37.7 Å². The number of benzene rings is 2. The van der Waals surface area contributed by atoms with E-state index in [2.05, 4.69) is 69.1 Å². The van der Waals surface area contributed by atoms with Gasteiger partial charge in [-0.15, -0.1) is 0 Å². The van der Waals surface area contributed by atoms with Crippen molar-refractivity contribution >= 4 is 17.6 Å². The maximum Gasteiger partial charge on any atom is 0.352 e. The topological polar surface area (TPSA) is 86.3 Å². The molecule has 0 aliphatic carbocycles. The highest BCUT2D eigenvalue weighted by Crippen LogP contribution is 2.34. The lowest BCUT2D eigenvalue weighted by molar-refractivity contribution is -0.222. The van der Waals surface area contributed by atoms with Crippen LogP contribution in [0.5, 0.6) is 11.5 Å². The van der Waals surface area contributed by atoms with Gasteiger partial charge in [-0.2, -0.15) is 0 Å². The van der Waals surface area contributed by atoms with E-state index in [-0.39, 0.29) is 5.57 Å². The molecule has 8 nitrogen and oxygen atoms in total. The maximum atomic E-state index is 13.5. The van der Waals surface area contributed by atoms with Gasteiger partial charge in [0.25, 0.3) is 5.79 Å². The first-order valence-corrected chi connectivity index (χ1v) is 15.8. The van der Waals surface area contributed by atoms with E-state index in [1.165, 1.54) is 5.56 Å². The number of hydrogen-bond acceptors (Lipinski definition) is 8. The SMILES string of the molecule is COc1ccc(NC(=C2C(=O)OC(C)(C)OC2=O)N(CCC(C)CCC(C)C)Cc2ccc(CCC(C)C)cc2)c(OC)c1. The van der Waals surface area contributed by atoms with Crippen LogP contribution in [-0.2, 0) is 32.0 Å². The summed E-state index contributed by atoms with van der Waals surface area (Å²) in [6.45, 7) is 15.4. The minimum atomic E-state index is -1.36. The standard InChI is InChI=1S/C36H52N2O6/c1-24(2)10-12-26(5)20-21-38(23-28-16-14-27(15-17-28)13-11-25(3)4)33(32-34(39)43-36(6,7)44-35(32)40)37-30-19-18-29(41-8)22-31(30)42-9/h14-19,22,24-26,37H,10-13,20-21,23H2,1-9H3. The Morgan fingerprint density at radius 1 is 0.818 bits per heavy atom. The Bertz CT molecular complexity index is 1260. The number of esters is 2. The van der Waals surface area contributed by atoms with Crippen LogP contribution in [0.3, 0.4) is 0 Å². The predicted molar refractivity (Wildman–Crippen MR) is 174 cm³/mol. The Labute approximate surface area is 264 Å². The van der Waals surface area contributed by atoms with E-state index in [4.69, 9.17) is 18.9 Å². The minimum absolute atomic E-state index is 0.175. The first-order valence-electron chi connectivity index (χ1n) is 15.8. The second-order valence-electron chi connectivity index (χ2n) is 13.1. The van der Waals surface area contributed by atoms with Crippen LogP contribution >= 0.6 is 0 Å². The lowest BCUT2D eigenvalue weighted by atomic mass is 9.96. The van der Waals surface area contributed by atoms with Crippen LogP contribution in [0.15, 0.2) is 53.9 Å². The van der Waals surface area contributed by atoms with Crippen LogP contribution in [0.1, 0.15) is 85.3 Å². The molecule has 44 heavy (non-hydrogen) atoms. The van der Waals surface area contributed by atoms with Crippen molar-refractivity contribution in [3.8, 4) is 11.5 Å². The van der Waals surface area contributed by atoms with Crippen molar-refractivity contribution in [1.82, 2.24) is 4.90 Å². The quantitative estimate of drug-likeness (QED) is 0.118. The molecule has 0 bridgehead atoms. The smallest absolute Gasteiger partial charge is 0.352 e. The van der Waals surface area contributed by atoms with Gasteiger partial charge in [-0.25, -0.2) is 9.59 Å². The molecule has 1 fully saturated rings. The molecule has 0 spiro atoms. The predicted octanol–water partition coefficient (Wildman–Crippen LogP) is 7.72. The van der Waals surface area contributed by atoms with Crippen molar-refractivity contribution in [2.75, 3.05) is 26.1 Å². The second kappa shape index (κ2) is 15.9. The van der Waals surface area contributed by atoms with Gasteiger partial charge in [-0.05, 0) is 60.3 Å². The third kappa shape index (κ3) is 10.2. The lowest BCUT2D eigenvalue weighted by Crippen LogP contribution is -2.44. The molecule has 2 aromatic carbocycles. The normalized spacial score (nSPS) is 15.1. The molecule has 3 rings (SSSR count). The maximum absolute atomic E-state index is 13.5. The third-order valence-electron chi connectivity index (χ3n) is 7.84. The average Bonchev–Trinajstić information content (AvgIpc) is 2.96. The number of aryl methyl sites for hydroxylation is 1. The zero-order valence-corrected chi connectivity index (χ0v) is 28.1. The Hall–Kier alpha value is -3.68. The summed E-state index contributed by atoms with van der Waals surface area (Å²) in [6.07, 6.45) is 5.26. The summed E-state index contributed by atoms with van der Waals surface area (Å²) in [6, 6.07) is 13.9. The van der Waals surface area contributed by atoms with Gasteiger partial charge >= 0.3 is 11.9 Å². The minimum Gasteiger partial charge on any atom is -0.497 e. The molecule has 0 saturated carbocycles. The Morgan fingerprint density at radius 3 is 2.00 bits per heavy atom. The molecule has 1 N–H and O–H groups in total. The van der Waals surface area contributed by atoms with Crippen molar-refractivity contribution in [3.05, 3.63) is 65.0 Å². The van der Waals surface area contributed by atoms with E-state index in [1.807, 2.05) is 0 Å². The zero-order valence-electron chi connectivity index (χ0n) is 28.1. The van der Waals surface area contributed by atoms with E-state index in [1.54, 1.807) is 46.3 Å². The van der Waals surface area contributed by atoms with Crippen LogP contribution in [-0.4, -0.2) is 43.4 Å². The average molecular weight is 609 g/mol. The van der Waals surface area contributed by atoms with Gasteiger partial charge in [-0.1, -0.05) is 71.7 Å². The molecule has 0 radical (unpaired) electrons. The number of nitrogens with zero attached hydrogens (tertiary/aromatic N) is 1. The molecule has 0 amide bonds. The molecule has 0 aromatic heterocycles. The van der Waals surface area contributed by atoms with Gasteiger partial charge < -0.3 is 29.2 Å². The van der Waals surface area contributed by atoms with Gasteiger partial charge in [0.2, 0.25) is 0 Å². The highest BCUT2D eigenvalue weighted by molar-refractivity contribution is 6.16. The Kier molecular flexibility index (Phi) is 12.6. The van der Waals surface area contributed by atoms with Gasteiger partial charge in [0.1, 0.15) is 17.3 Å². The molecule has 1 aliphatic heterocycles. The highest BCUT2D eigenvalue weighted by Gasteiger charge is 2.42. The number of hydrogen-bond donors (Lipinski definition) is 1. The third-order valence-corrected chi connectivity index (χ3v) is 7.84. The van der Waals surface area contributed by atoms with Crippen molar-refractivity contribution in [3.63, 3.8) is 0 Å². The number of ether oxygens (including phenoxy) is 4. The summed E-state index contributed by atoms with van der Waals surface area (Å²) in [5.41, 5.74) is 2.75. The van der Waals surface area contributed by atoms with Crippen molar-refractivity contribution < 1.29 is 28.5 Å². The van der Waals surface area contributed by atoms with Crippen LogP contribution in [0.2, 0.25) is 0 Å². The number of methoxy groups -OCH3 is 2. The lowest BCUT2D eigenvalue weighted by Gasteiger charge is -2.35. The van der Waals surface area contributed by atoms with Crippen LogP contribution in [0.25, 0.3) is 0 Å². The summed E-state index contributed by atoms with van der Waals surface area (Å²) in [5, 5.41) is 3.37. The van der Waals surface area contributed by atoms with Gasteiger partial charge in [-0.3, -0.25) is 0 Å². The number of nitrogens with one attached hydrogen (secondary N) is 1. The van der Waals surface area contributed by atoms with Gasteiger partial charge in [0.15, 0.2) is 5.57 Å². The molecular weight excluding hydrogens is 556 g/mol. The van der Waals surface area contributed by atoms with E-state index in [0.29, 0.717) is 53.9 Å². The van der Waals surface area contributed by atoms with Crippen molar-refractivity contribution in [1.29, 1.82) is 0 Å². The van der Waals surface area contributed by atoms with Crippen molar-refractivity contribution in [2.45, 2.75) is 92.9 Å². The first kappa shape index (κ1) is 34.8. The fourth-order valence-corrected chi connectivity index (χ4v) is 5.07. The van der Waals surface area contributed by atoms with Gasteiger partial charge in [0.05, 0.1) is 19.9 Å². The molecule has 1 unspecified atom stereocenters. The van der Waals surface area contributed by atoms with Gasteiger partial charge in [0, 0.05) is 33.0 Å². The number of carbonyl (C=O) groups excluding carboxylic acids is 2. The molecule has 242 valence electrons. The van der Waals surface area contributed by atoms with Crippen LogP contribution in [0, 0.1) is 17.8 Å². The van der Waals surface area contributed by atoms with E-state index >= 15 is 0 Å². The number of carbonyl (C=O) groups is 2.